The van der Waals surface area contributed by atoms with Crippen LogP contribution in [0.25, 0.3) is 11.3 Å². The fourth-order valence-electron chi connectivity index (χ4n) is 2.07. The summed E-state index contributed by atoms with van der Waals surface area (Å²) >= 11 is 1.27. The molecule has 0 aliphatic rings. The highest BCUT2D eigenvalue weighted by Gasteiger charge is 2.19. The van der Waals surface area contributed by atoms with Crippen LogP contribution in [0.4, 0.5) is 19.6 Å². The minimum atomic E-state index is -1.07. The number of nitro benzene ring substituents is 1. The van der Waals surface area contributed by atoms with Crippen molar-refractivity contribution >= 4 is 28.4 Å². The lowest BCUT2D eigenvalue weighted by molar-refractivity contribution is -0.385. The molecule has 0 bridgehead atoms. The first-order valence-corrected chi connectivity index (χ1v) is 7.86. The Bertz CT molecular complexity index is 945. The molecule has 0 aliphatic heterocycles. The van der Waals surface area contributed by atoms with Gasteiger partial charge in [-0.3, -0.25) is 15.5 Å². The van der Waals surface area contributed by atoms with Crippen molar-refractivity contribution in [1.82, 2.24) is 4.98 Å². The van der Waals surface area contributed by atoms with E-state index in [2.05, 4.69) is 15.5 Å². The van der Waals surface area contributed by atoms with E-state index in [0.29, 0.717) is 17.3 Å². The van der Waals surface area contributed by atoms with Crippen LogP contribution in [0.1, 0.15) is 5.56 Å². The van der Waals surface area contributed by atoms with E-state index in [9.17, 15) is 18.9 Å². The zero-order chi connectivity index (χ0) is 17.8. The summed E-state index contributed by atoms with van der Waals surface area (Å²) < 4.78 is 26.9. The normalized spacial score (nSPS) is 11.0. The van der Waals surface area contributed by atoms with Crippen molar-refractivity contribution in [3.8, 4) is 11.3 Å². The average molecular weight is 360 g/mol. The maximum absolute atomic E-state index is 13.7. The Morgan fingerprint density at radius 1 is 1.24 bits per heavy atom. The predicted molar refractivity (Wildman–Crippen MR) is 91.8 cm³/mol. The minimum Gasteiger partial charge on any atom is -0.258 e. The maximum atomic E-state index is 13.7. The van der Waals surface area contributed by atoms with Crippen molar-refractivity contribution in [3.05, 3.63) is 75.2 Å². The third-order valence-corrected chi connectivity index (χ3v) is 3.94. The number of thiazole rings is 1. The number of hydrazone groups is 1. The molecule has 6 nitrogen and oxygen atoms in total. The molecule has 0 saturated heterocycles. The van der Waals surface area contributed by atoms with Gasteiger partial charge in [0.25, 0.3) is 5.69 Å². The second kappa shape index (κ2) is 7.14. The Kier molecular flexibility index (Phi) is 4.75. The monoisotopic (exact) mass is 360 g/mol. The molecule has 1 aromatic heterocycles. The zero-order valence-electron chi connectivity index (χ0n) is 12.5. The van der Waals surface area contributed by atoms with Crippen molar-refractivity contribution in [2.75, 3.05) is 5.43 Å². The Morgan fingerprint density at radius 3 is 2.72 bits per heavy atom. The second-order valence-corrected chi connectivity index (χ2v) is 5.71. The molecule has 9 heteroatoms. The quantitative estimate of drug-likeness (QED) is 0.414. The maximum Gasteiger partial charge on any atom is 0.284 e. The summed E-state index contributed by atoms with van der Waals surface area (Å²) in [6.07, 6.45) is 0.927. The van der Waals surface area contributed by atoms with Gasteiger partial charge in [-0.05, 0) is 0 Å². The highest BCUT2D eigenvalue weighted by molar-refractivity contribution is 7.14. The Hall–Kier alpha value is -3.20. The number of nitrogens with zero attached hydrogens (tertiary/aromatic N) is 3. The Balaban J connectivity index is 1.79. The molecule has 126 valence electrons. The van der Waals surface area contributed by atoms with Crippen molar-refractivity contribution in [2.24, 2.45) is 5.10 Å². The minimum absolute atomic E-state index is 0.418. The van der Waals surface area contributed by atoms with Crippen LogP contribution in [0.5, 0.6) is 0 Å². The molecule has 0 aliphatic carbocycles. The lowest BCUT2D eigenvalue weighted by Crippen LogP contribution is -2.01. The molecule has 1 heterocycles. The van der Waals surface area contributed by atoms with E-state index >= 15 is 0 Å². The van der Waals surface area contributed by atoms with Crippen LogP contribution in [0.3, 0.4) is 0 Å². The van der Waals surface area contributed by atoms with Gasteiger partial charge in [-0.15, -0.1) is 11.3 Å². The highest BCUT2D eigenvalue weighted by Crippen LogP contribution is 2.25. The molecule has 25 heavy (non-hydrogen) atoms. The molecule has 0 unspecified atom stereocenters. The molecular formula is C16H10F2N4O2S. The summed E-state index contributed by atoms with van der Waals surface area (Å²) in [5.74, 6) is -2.09. The van der Waals surface area contributed by atoms with Gasteiger partial charge >= 0.3 is 0 Å². The number of nitrogens with one attached hydrogen (secondary N) is 1. The fraction of sp³-hybridized carbons (Fsp3) is 0. The van der Waals surface area contributed by atoms with E-state index in [4.69, 9.17) is 0 Å². The van der Waals surface area contributed by atoms with E-state index in [1.165, 1.54) is 11.3 Å². The number of hydrogen-bond acceptors (Lipinski definition) is 6. The first-order valence-electron chi connectivity index (χ1n) is 6.98. The van der Waals surface area contributed by atoms with E-state index < -0.39 is 27.8 Å². The summed E-state index contributed by atoms with van der Waals surface area (Å²) in [6.45, 7) is 0. The standard InChI is InChI=1S/C16H10F2N4O2S/c17-11-6-13(18)12(15(7-11)22(23)24)8-19-21-16-20-14(9-25-16)10-4-2-1-3-5-10/h1-9H,(H,20,21). The van der Waals surface area contributed by atoms with Crippen LogP contribution < -0.4 is 5.43 Å². The summed E-state index contributed by atoms with van der Waals surface area (Å²) in [7, 11) is 0. The SMILES string of the molecule is O=[N+]([O-])c1cc(F)cc(F)c1C=NNc1nc(-c2ccccc2)cs1. The smallest absolute Gasteiger partial charge is 0.258 e. The van der Waals surface area contributed by atoms with Gasteiger partial charge < -0.3 is 0 Å². The molecule has 2 aromatic carbocycles. The number of halogens is 2. The van der Waals surface area contributed by atoms with Crippen LogP contribution in [0.2, 0.25) is 0 Å². The van der Waals surface area contributed by atoms with Gasteiger partial charge in [0.1, 0.15) is 17.2 Å². The molecule has 0 saturated carbocycles. The van der Waals surface area contributed by atoms with Crippen LogP contribution in [0.15, 0.2) is 52.9 Å². The van der Waals surface area contributed by atoms with E-state index in [-0.39, 0.29) is 0 Å². The molecule has 0 fully saturated rings. The van der Waals surface area contributed by atoms with E-state index in [0.717, 1.165) is 17.5 Å². The zero-order valence-corrected chi connectivity index (χ0v) is 13.3. The lowest BCUT2D eigenvalue weighted by Gasteiger charge is -2.00. The van der Waals surface area contributed by atoms with Crippen LogP contribution >= 0.6 is 11.3 Å². The van der Waals surface area contributed by atoms with Crippen molar-refractivity contribution < 1.29 is 13.7 Å². The molecule has 0 spiro atoms. The largest absolute Gasteiger partial charge is 0.284 e. The third-order valence-electron chi connectivity index (χ3n) is 3.20. The number of anilines is 1. The van der Waals surface area contributed by atoms with Crippen molar-refractivity contribution in [3.63, 3.8) is 0 Å². The third kappa shape index (κ3) is 3.83. The molecule has 3 rings (SSSR count). The van der Waals surface area contributed by atoms with Gasteiger partial charge in [-0.2, -0.15) is 5.10 Å². The van der Waals surface area contributed by atoms with E-state index in [1.807, 2.05) is 35.7 Å². The Morgan fingerprint density at radius 2 is 2.00 bits per heavy atom. The highest BCUT2D eigenvalue weighted by atomic mass is 32.1. The number of benzene rings is 2. The molecule has 3 aromatic rings. The lowest BCUT2D eigenvalue weighted by atomic mass is 10.2. The van der Waals surface area contributed by atoms with Gasteiger partial charge in [0, 0.05) is 17.0 Å². The second-order valence-electron chi connectivity index (χ2n) is 4.85. The van der Waals surface area contributed by atoms with Crippen molar-refractivity contribution in [2.45, 2.75) is 0 Å². The number of hydrogen-bond donors (Lipinski definition) is 1. The van der Waals surface area contributed by atoms with Crippen LogP contribution in [0, 0.1) is 21.7 Å². The summed E-state index contributed by atoms with van der Waals surface area (Å²) in [5.41, 5.74) is 3.13. The first kappa shape index (κ1) is 16.7. The van der Waals surface area contributed by atoms with Gasteiger partial charge in [-0.25, -0.2) is 13.8 Å². The number of rotatable bonds is 5. The molecule has 0 atom stereocenters. The Labute approximate surface area is 144 Å². The van der Waals surface area contributed by atoms with E-state index in [1.54, 1.807) is 0 Å². The van der Waals surface area contributed by atoms with Gasteiger partial charge in [0.2, 0.25) is 5.13 Å². The van der Waals surface area contributed by atoms with Gasteiger partial charge in [-0.1, -0.05) is 30.3 Å². The molecule has 0 radical (unpaired) electrons. The fourth-order valence-corrected chi connectivity index (χ4v) is 2.74. The molecule has 1 N–H and O–H groups in total. The number of nitro groups is 1. The first-order chi connectivity index (χ1) is 12.0. The van der Waals surface area contributed by atoms with Gasteiger partial charge in [0.05, 0.1) is 22.9 Å². The van der Waals surface area contributed by atoms with Gasteiger partial charge in [0.15, 0.2) is 0 Å². The topological polar surface area (TPSA) is 80.4 Å². The average Bonchev–Trinajstić information content (AvgIpc) is 3.06. The summed E-state index contributed by atoms with van der Waals surface area (Å²) in [6, 6.07) is 10.7. The molecular weight excluding hydrogens is 350 g/mol. The summed E-state index contributed by atoms with van der Waals surface area (Å²) in [5, 5.41) is 16.9. The predicted octanol–water partition coefficient (Wildman–Crippen LogP) is 4.44. The van der Waals surface area contributed by atoms with Crippen LogP contribution in [-0.4, -0.2) is 16.1 Å². The van der Waals surface area contributed by atoms with Crippen molar-refractivity contribution in [1.29, 1.82) is 0 Å². The number of aromatic nitrogens is 1. The van der Waals surface area contributed by atoms with Crippen LogP contribution in [-0.2, 0) is 0 Å². The molecule has 0 amide bonds. The summed E-state index contributed by atoms with van der Waals surface area (Å²) in [4.78, 5) is 14.3.